The first-order valence-electron chi connectivity index (χ1n) is 7.78. The minimum atomic E-state index is -0.387. The van der Waals surface area contributed by atoms with Crippen LogP contribution in [0.15, 0.2) is 12.1 Å². The van der Waals surface area contributed by atoms with Crippen molar-refractivity contribution >= 4 is 11.8 Å². The summed E-state index contributed by atoms with van der Waals surface area (Å²) in [5.41, 5.74) is 0. The predicted molar refractivity (Wildman–Crippen MR) is 80.0 cm³/mol. The van der Waals surface area contributed by atoms with E-state index in [1.807, 2.05) is 0 Å². The van der Waals surface area contributed by atoms with Crippen LogP contribution in [0.2, 0.25) is 0 Å². The third kappa shape index (κ3) is 3.69. The molecular formula is C15H20N4O4. The van der Waals surface area contributed by atoms with Gasteiger partial charge in [-0.3, -0.25) is 9.59 Å². The van der Waals surface area contributed by atoms with Crippen LogP contribution in [0.3, 0.4) is 0 Å². The van der Waals surface area contributed by atoms with Crippen molar-refractivity contribution in [1.82, 2.24) is 20.4 Å². The molecule has 2 saturated heterocycles. The summed E-state index contributed by atoms with van der Waals surface area (Å²) in [4.78, 5) is 25.5. The molecule has 0 saturated carbocycles. The lowest BCUT2D eigenvalue weighted by atomic mass is 10.1. The van der Waals surface area contributed by atoms with Gasteiger partial charge in [0.1, 0.15) is 12.1 Å². The van der Waals surface area contributed by atoms with Crippen LogP contribution in [0.25, 0.3) is 0 Å². The van der Waals surface area contributed by atoms with Gasteiger partial charge in [-0.25, -0.2) is 0 Å². The van der Waals surface area contributed by atoms with Crippen molar-refractivity contribution in [3.63, 3.8) is 0 Å². The van der Waals surface area contributed by atoms with Crippen LogP contribution in [-0.2, 0) is 9.59 Å². The average Bonchev–Trinajstić information content (AvgIpc) is 3.01. The Morgan fingerprint density at radius 3 is 2.74 bits per heavy atom. The molecule has 2 atom stereocenters. The van der Waals surface area contributed by atoms with Crippen LogP contribution in [0.5, 0.6) is 11.8 Å². The number of carbonyl (C=O) groups excluding carboxylic acids is 2. The summed E-state index contributed by atoms with van der Waals surface area (Å²) < 4.78 is 10.8. The molecule has 3 rings (SSSR count). The fraction of sp³-hybridized carbons (Fsp3) is 0.600. The van der Waals surface area contributed by atoms with E-state index in [2.05, 4.69) is 15.5 Å². The lowest BCUT2D eigenvalue weighted by Crippen LogP contribution is -2.50. The molecule has 0 spiro atoms. The van der Waals surface area contributed by atoms with Crippen LogP contribution in [0.1, 0.15) is 25.7 Å². The fourth-order valence-corrected chi connectivity index (χ4v) is 2.90. The van der Waals surface area contributed by atoms with E-state index in [4.69, 9.17) is 9.47 Å². The van der Waals surface area contributed by atoms with E-state index in [0.29, 0.717) is 37.7 Å². The van der Waals surface area contributed by atoms with E-state index in [0.717, 1.165) is 12.8 Å². The Labute approximate surface area is 134 Å². The summed E-state index contributed by atoms with van der Waals surface area (Å²) >= 11 is 0. The standard InChI is InChI=1S/C15H20N4O4/c1-22-13-6-7-14(18-17-13)23-10-3-2-8-19(9-10)15(21)11-4-5-12(20)16-11/h6-7,10-11H,2-5,8-9H2,1H3,(H,16,20). The van der Waals surface area contributed by atoms with Crippen molar-refractivity contribution in [3.05, 3.63) is 12.1 Å². The summed E-state index contributed by atoms with van der Waals surface area (Å²) in [6.45, 7) is 1.19. The largest absolute Gasteiger partial charge is 0.480 e. The van der Waals surface area contributed by atoms with Gasteiger partial charge in [0, 0.05) is 25.1 Å². The molecule has 1 N–H and O–H groups in total. The molecule has 124 valence electrons. The lowest BCUT2D eigenvalue weighted by molar-refractivity contribution is -0.136. The number of nitrogens with zero attached hydrogens (tertiary/aromatic N) is 3. The maximum Gasteiger partial charge on any atom is 0.245 e. The van der Waals surface area contributed by atoms with Crippen molar-refractivity contribution in [3.8, 4) is 11.8 Å². The maximum absolute atomic E-state index is 12.4. The SMILES string of the molecule is COc1ccc(OC2CCCN(C(=O)C3CCC(=O)N3)C2)nn1. The highest BCUT2D eigenvalue weighted by Gasteiger charge is 2.33. The second kappa shape index (κ2) is 6.80. The van der Waals surface area contributed by atoms with E-state index < -0.39 is 0 Å². The molecule has 8 nitrogen and oxygen atoms in total. The van der Waals surface area contributed by atoms with Gasteiger partial charge in [-0.2, -0.15) is 0 Å². The van der Waals surface area contributed by atoms with E-state index in [-0.39, 0.29) is 24.0 Å². The van der Waals surface area contributed by atoms with Crippen LogP contribution >= 0.6 is 0 Å². The summed E-state index contributed by atoms with van der Waals surface area (Å²) in [5.74, 6) is 0.765. The molecule has 0 bridgehead atoms. The van der Waals surface area contributed by atoms with Gasteiger partial charge >= 0.3 is 0 Å². The molecule has 2 aliphatic rings. The van der Waals surface area contributed by atoms with Crippen molar-refractivity contribution in [2.45, 2.75) is 37.8 Å². The predicted octanol–water partition coefficient (Wildman–Crippen LogP) is 0.134. The van der Waals surface area contributed by atoms with Crippen LogP contribution in [0, 0.1) is 0 Å². The monoisotopic (exact) mass is 320 g/mol. The van der Waals surface area contributed by atoms with Gasteiger partial charge in [-0.15, -0.1) is 10.2 Å². The number of likely N-dealkylation sites (tertiary alicyclic amines) is 1. The molecule has 1 aromatic heterocycles. The second-order valence-electron chi connectivity index (χ2n) is 5.74. The molecule has 2 fully saturated rings. The molecule has 0 aliphatic carbocycles. The first-order chi connectivity index (χ1) is 11.2. The average molecular weight is 320 g/mol. The number of aromatic nitrogens is 2. The lowest BCUT2D eigenvalue weighted by Gasteiger charge is -2.33. The van der Waals surface area contributed by atoms with Gasteiger partial charge in [0.25, 0.3) is 0 Å². The molecule has 8 heteroatoms. The van der Waals surface area contributed by atoms with Gasteiger partial charge in [0.05, 0.1) is 13.7 Å². The number of methoxy groups -OCH3 is 1. The zero-order valence-corrected chi connectivity index (χ0v) is 13.0. The molecular weight excluding hydrogens is 300 g/mol. The Hall–Kier alpha value is -2.38. The maximum atomic E-state index is 12.4. The third-order valence-electron chi connectivity index (χ3n) is 4.10. The Morgan fingerprint density at radius 1 is 1.30 bits per heavy atom. The molecule has 2 aliphatic heterocycles. The highest BCUT2D eigenvalue weighted by molar-refractivity contribution is 5.90. The van der Waals surface area contributed by atoms with Gasteiger partial charge < -0.3 is 19.7 Å². The highest BCUT2D eigenvalue weighted by Crippen LogP contribution is 2.19. The molecule has 3 heterocycles. The van der Waals surface area contributed by atoms with Gasteiger partial charge in [-0.05, 0) is 19.3 Å². The number of carbonyl (C=O) groups is 2. The van der Waals surface area contributed by atoms with Crippen LogP contribution in [-0.4, -0.2) is 59.3 Å². The number of amides is 2. The summed E-state index contributed by atoms with van der Waals surface area (Å²) in [6, 6.07) is 2.99. The van der Waals surface area contributed by atoms with Gasteiger partial charge in [0.15, 0.2) is 0 Å². The molecule has 1 aromatic rings. The molecule has 23 heavy (non-hydrogen) atoms. The Bertz CT molecular complexity index is 577. The summed E-state index contributed by atoms with van der Waals surface area (Å²) in [7, 11) is 1.52. The van der Waals surface area contributed by atoms with Crippen molar-refractivity contribution in [2.75, 3.05) is 20.2 Å². The Balaban J connectivity index is 1.57. The van der Waals surface area contributed by atoms with Crippen LogP contribution in [0.4, 0.5) is 0 Å². The first kappa shape index (κ1) is 15.5. The minimum Gasteiger partial charge on any atom is -0.480 e. The van der Waals surface area contributed by atoms with Crippen molar-refractivity contribution in [2.24, 2.45) is 0 Å². The van der Waals surface area contributed by atoms with E-state index in [1.165, 1.54) is 7.11 Å². The molecule has 0 aromatic carbocycles. The fourth-order valence-electron chi connectivity index (χ4n) is 2.90. The molecule has 2 unspecified atom stereocenters. The Kier molecular flexibility index (Phi) is 4.59. The van der Waals surface area contributed by atoms with Crippen LogP contribution < -0.4 is 14.8 Å². The number of rotatable bonds is 4. The summed E-state index contributed by atoms with van der Waals surface area (Å²) in [6.07, 6.45) is 2.59. The summed E-state index contributed by atoms with van der Waals surface area (Å²) in [5, 5.41) is 10.5. The number of piperidine rings is 1. The van der Waals surface area contributed by atoms with E-state index in [1.54, 1.807) is 17.0 Å². The molecule has 0 radical (unpaired) electrons. The van der Waals surface area contributed by atoms with Crippen molar-refractivity contribution in [1.29, 1.82) is 0 Å². The Morgan fingerprint density at radius 2 is 2.09 bits per heavy atom. The minimum absolute atomic E-state index is 0.0232. The number of nitrogens with one attached hydrogen (secondary N) is 1. The number of ether oxygens (including phenoxy) is 2. The smallest absolute Gasteiger partial charge is 0.245 e. The molecule has 2 amide bonds. The topological polar surface area (TPSA) is 93.7 Å². The van der Waals surface area contributed by atoms with E-state index >= 15 is 0 Å². The zero-order chi connectivity index (χ0) is 16.2. The van der Waals surface area contributed by atoms with E-state index in [9.17, 15) is 9.59 Å². The quantitative estimate of drug-likeness (QED) is 0.848. The second-order valence-corrected chi connectivity index (χ2v) is 5.74. The highest BCUT2D eigenvalue weighted by atomic mass is 16.5. The van der Waals surface area contributed by atoms with Gasteiger partial charge in [-0.1, -0.05) is 0 Å². The normalized spacial score (nSPS) is 24.2. The first-order valence-corrected chi connectivity index (χ1v) is 7.78. The number of hydrogen-bond acceptors (Lipinski definition) is 6. The zero-order valence-electron chi connectivity index (χ0n) is 13.0. The number of hydrogen-bond donors (Lipinski definition) is 1. The third-order valence-corrected chi connectivity index (χ3v) is 4.10. The van der Waals surface area contributed by atoms with Crippen molar-refractivity contribution < 1.29 is 19.1 Å². The van der Waals surface area contributed by atoms with Gasteiger partial charge in [0.2, 0.25) is 23.6 Å².